The number of nitrogens with zero attached hydrogens (tertiary/aromatic N) is 2. The van der Waals surface area contributed by atoms with E-state index < -0.39 is 17.2 Å². The smallest absolute Gasteiger partial charge is 0.433 e. The monoisotopic (exact) mass is 238 g/mol. The van der Waals surface area contributed by atoms with Gasteiger partial charge in [0.05, 0.1) is 0 Å². The molecule has 1 aromatic heterocycles. The lowest BCUT2D eigenvalue weighted by Gasteiger charge is -2.07. The molecule has 7 heteroatoms. The maximum atomic E-state index is 12.2. The molecule has 3 nitrogen and oxygen atoms in total. The van der Waals surface area contributed by atoms with Crippen molar-refractivity contribution in [3.63, 3.8) is 0 Å². The Kier molecular flexibility index (Phi) is 3.52. The average Bonchev–Trinajstić information content (AvgIpc) is 2.12. The summed E-state index contributed by atoms with van der Waals surface area (Å²) in [6, 6.07) is 0.676. The van der Waals surface area contributed by atoms with Gasteiger partial charge in [-0.3, -0.25) is 0 Å². The van der Waals surface area contributed by atoms with Gasteiger partial charge in [-0.05, 0) is 11.6 Å². The van der Waals surface area contributed by atoms with Gasteiger partial charge in [0.1, 0.15) is 6.61 Å². The van der Waals surface area contributed by atoms with E-state index in [1.165, 1.54) is 6.08 Å². The van der Waals surface area contributed by atoms with Gasteiger partial charge in [0.25, 0.3) is 0 Å². The fourth-order valence-corrected chi connectivity index (χ4v) is 0.935. The molecule has 0 saturated carbocycles. The third kappa shape index (κ3) is 3.39. The summed E-state index contributed by atoms with van der Waals surface area (Å²) in [6.45, 7) is 3.39. The molecule has 0 aliphatic heterocycles. The van der Waals surface area contributed by atoms with Crippen LogP contribution < -0.4 is 4.74 Å². The molecular formula is C8H6ClF3N2O. The Morgan fingerprint density at radius 3 is 2.67 bits per heavy atom. The summed E-state index contributed by atoms with van der Waals surface area (Å²) in [5, 5.41) is -0.510. The number of ether oxygens (including phenoxy) is 1. The minimum absolute atomic E-state index is 0.0463. The minimum atomic E-state index is -4.57. The van der Waals surface area contributed by atoms with Gasteiger partial charge in [-0.1, -0.05) is 12.7 Å². The van der Waals surface area contributed by atoms with Crippen LogP contribution in [0.1, 0.15) is 5.69 Å². The van der Waals surface area contributed by atoms with Gasteiger partial charge in [0.2, 0.25) is 11.2 Å². The Labute approximate surface area is 88.6 Å². The molecule has 0 amide bonds. The molecule has 0 atom stereocenters. The van der Waals surface area contributed by atoms with E-state index in [0.717, 1.165) is 0 Å². The average molecular weight is 239 g/mol. The maximum Gasteiger partial charge on any atom is 0.433 e. The van der Waals surface area contributed by atoms with E-state index in [-0.39, 0.29) is 12.5 Å². The van der Waals surface area contributed by atoms with Crippen molar-refractivity contribution in [1.82, 2.24) is 9.97 Å². The number of alkyl halides is 3. The SMILES string of the molecule is C=CCOc1cc(C(F)(F)F)nc(Cl)n1. The molecule has 15 heavy (non-hydrogen) atoms. The van der Waals surface area contributed by atoms with Gasteiger partial charge < -0.3 is 4.74 Å². The second-order valence-corrected chi connectivity index (χ2v) is 2.80. The second-order valence-electron chi connectivity index (χ2n) is 2.46. The first-order valence-electron chi connectivity index (χ1n) is 3.79. The summed E-state index contributed by atoms with van der Waals surface area (Å²) in [7, 11) is 0. The quantitative estimate of drug-likeness (QED) is 0.600. The third-order valence-corrected chi connectivity index (χ3v) is 1.48. The van der Waals surface area contributed by atoms with Crippen LogP contribution in [0.3, 0.4) is 0 Å². The highest BCUT2D eigenvalue weighted by Crippen LogP contribution is 2.30. The van der Waals surface area contributed by atoms with Crippen molar-refractivity contribution in [3.05, 3.63) is 29.7 Å². The zero-order valence-electron chi connectivity index (χ0n) is 7.38. The molecule has 0 aliphatic rings. The van der Waals surface area contributed by atoms with Gasteiger partial charge in [-0.25, -0.2) is 4.98 Å². The molecule has 0 radical (unpaired) electrons. The zero-order valence-corrected chi connectivity index (χ0v) is 8.14. The largest absolute Gasteiger partial charge is 0.473 e. The van der Waals surface area contributed by atoms with Crippen LogP contribution in [0.15, 0.2) is 18.7 Å². The number of hydrogen-bond donors (Lipinski definition) is 0. The van der Waals surface area contributed by atoms with E-state index in [1.807, 2.05) is 0 Å². The highest BCUT2D eigenvalue weighted by Gasteiger charge is 2.33. The van der Waals surface area contributed by atoms with Crippen LogP contribution in [-0.2, 0) is 6.18 Å². The Hall–Kier alpha value is -1.30. The highest BCUT2D eigenvalue weighted by atomic mass is 35.5. The number of aromatic nitrogens is 2. The highest BCUT2D eigenvalue weighted by molar-refractivity contribution is 6.28. The van der Waals surface area contributed by atoms with Crippen LogP contribution >= 0.6 is 11.6 Å². The van der Waals surface area contributed by atoms with Crippen LogP contribution in [0.4, 0.5) is 13.2 Å². The van der Waals surface area contributed by atoms with Crippen LogP contribution in [-0.4, -0.2) is 16.6 Å². The maximum absolute atomic E-state index is 12.2. The van der Waals surface area contributed by atoms with Crippen LogP contribution in [0, 0.1) is 0 Å². The van der Waals surface area contributed by atoms with Crippen molar-refractivity contribution in [2.45, 2.75) is 6.18 Å². The van der Waals surface area contributed by atoms with Crippen molar-refractivity contribution in [3.8, 4) is 5.88 Å². The predicted molar refractivity (Wildman–Crippen MR) is 47.7 cm³/mol. The van der Waals surface area contributed by atoms with Crippen molar-refractivity contribution < 1.29 is 17.9 Å². The van der Waals surface area contributed by atoms with Crippen LogP contribution in [0.2, 0.25) is 5.28 Å². The Bertz CT molecular complexity index is 367. The molecule has 0 spiro atoms. The lowest BCUT2D eigenvalue weighted by atomic mass is 10.4. The van der Waals surface area contributed by atoms with Gasteiger partial charge >= 0.3 is 6.18 Å². The topological polar surface area (TPSA) is 35.0 Å². The first-order chi connectivity index (χ1) is 6.93. The van der Waals surface area contributed by atoms with Crippen molar-refractivity contribution in [2.75, 3.05) is 6.61 Å². The van der Waals surface area contributed by atoms with E-state index >= 15 is 0 Å². The lowest BCUT2D eigenvalue weighted by molar-refractivity contribution is -0.141. The van der Waals surface area contributed by atoms with Crippen molar-refractivity contribution in [2.24, 2.45) is 0 Å². The molecule has 0 fully saturated rings. The first kappa shape index (κ1) is 11.8. The van der Waals surface area contributed by atoms with Crippen LogP contribution in [0.25, 0.3) is 0 Å². The fourth-order valence-electron chi connectivity index (χ4n) is 0.760. The molecular weight excluding hydrogens is 233 g/mol. The molecule has 1 heterocycles. The molecule has 82 valence electrons. The van der Waals surface area contributed by atoms with Gasteiger partial charge in [0, 0.05) is 6.07 Å². The molecule has 0 aromatic carbocycles. The summed E-state index contributed by atoms with van der Waals surface area (Å²) < 4.78 is 41.6. The predicted octanol–water partition coefficient (Wildman–Crippen LogP) is 2.71. The number of rotatable bonds is 3. The summed E-state index contributed by atoms with van der Waals surface area (Å²) in [5.41, 5.74) is -1.14. The molecule has 0 aliphatic carbocycles. The summed E-state index contributed by atoms with van der Waals surface area (Å²) >= 11 is 5.31. The molecule has 0 N–H and O–H groups in total. The van der Waals surface area contributed by atoms with Crippen molar-refractivity contribution in [1.29, 1.82) is 0 Å². The molecule has 0 saturated heterocycles. The fraction of sp³-hybridized carbons (Fsp3) is 0.250. The first-order valence-corrected chi connectivity index (χ1v) is 4.16. The number of hydrogen-bond acceptors (Lipinski definition) is 3. The Morgan fingerprint density at radius 1 is 1.47 bits per heavy atom. The molecule has 1 rings (SSSR count). The van der Waals surface area contributed by atoms with E-state index in [1.54, 1.807) is 0 Å². The van der Waals surface area contributed by atoms with E-state index in [4.69, 9.17) is 16.3 Å². The van der Waals surface area contributed by atoms with E-state index in [2.05, 4.69) is 16.5 Å². The van der Waals surface area contributed by atoms with E-state index in [0.29, 0.717) is 6.07 Å². The molecule has 1 aromatic rings. The van der Waals surface area contributed by atoms with Crippen LogP contribution in [0.5, 0.6) is 5.88 Å². The summed E-state index contributed by atoms with van der Waals surface area (Å²) in [4.78, 5) is 6.51. The van der Waals surface area contributed by atoms with Gasteiger partial charge in [0.15, 0.2) is 5.69 Å². The van der Waals surface area contributed by atoms with Gasteiger partial charge in [-0.15, -0.1) is 0 Å². The Balaban J connectivity index is 3.00. The molecule has 0 bridgehead atoms. The normalized spacial score (nSPS) is 11.2. The van der Waals surface area contributed by atoms with Crippen molar-refractivity contribution >= 4 is 11.6 Å². The third-order valence-electron chi connectivity index (χ3n) is 1.31. The number of halogens is 4. The summed E-state index contributed by atoms with van der Waals surface area (Å²) in [6.07, 6.45) is -3.19. The lowest BCUT2D eigenvalue weighted by Crippen LogP contribution is -2.10. The molecule has 0 unspecified atom stereocenters. The minimum Gasteiger partial charge on any atom is -0.473 e. The second kappa shape index (κ2) is 4.48. The van der Waals surface area contributed by atoms with E-state index in [9.17, 15) is 13.2 Å². The van der Waals surface area contributed by atoms with Gasteiger partial charge in [-0.2, -0.15) is 18.2 Å². The zero-order chi connectivity index (χ0) is 11.5. The summed E-state index contributed by atoms with van der Waals surface area (Å²) in [5.74, 6) is -0.234. The standard InChI is InChI=1S/C8H6ClF3N2O/c1-2-3-15-6-4-5(8(10,11)12)13-7(9)14-6/h2,4H,1,3H2. The Morgan fingerprint density at radius 2 is 2.13 bits per heavy atom.